The van der Waals surface area contributed by atoms with Crippen molar-refractivity contribution in [2.45, 2.75) is 72.1 Å². The smallest absolute Gasteiger partial charge is 0.428 e. The first kappa shape index (κ1) is 33.4. The molecule has 13 nitrogen and oxygen atoms in total. The topological polar surface area (TPSA) is 170 Å². The highest BCUT2D eigenvalue weighted by molar-refractivity contribution is 5.87. The van der Waals surface area contributed by atoms with E-state index in [1.807, 2.05) is 25.3 Å². The lowest BCUT2D eigenvalue weighted by Gasteiger charge is -2.24. The van der Waals surface area contributed by atoms with Crippen LogP contribution in [-0.4, -0.2) is 48.0 Å². The third kappa shape index (κ3) is 13.5. The predicted octanol–water partition coefficient (Wildman–Crippen LogP) is 3.68. The molecule has 0 saturated carbocycles. The number of amides is 4. The van der Waals surface area contributed by atoms with Gasteiger partial charge in [-0.05, 0) is 44.2 Å². The minimum absolute atomic E-state index is 0.000103. The summed E-state index contributed by atoms with van der Waals surface area (Å²) < 4.78 is 20.5. The molecule has 0 fully saturated rings. The van der Waals surface area contributed by atoms with Gasteiger partial charge in [0.1, 0.15) is 24.9 Å². The molecule has 42 heavy (non-hydrogen) atoms. The van der Waals surface area contributed by atoms with Crippen LogP contribution in [0, 0.1) is 5.92 Å². The minimum atomic E-state index is -1.90. The number of carbonyl (C=O) groups excluding carboxylic acids is 5. The van der Waals surface area contributed by atoms with Gasteiger partial charge in [-0.1, -0.05) is 74.5 Å². The van der Waals surface area contributed by atoms with Crippen molar-refractivity contribution in [3.8, 4) is 0 Å². The summed E-state index contributed by atoms with van der Waals surface area (Å²) in [5.74, 6) is -1.87. The first-order valence-electron chi connectivity index (χ1n) is 13.3. The van der Waals surface area contributed by atoms with Gasteiger partial charge in [-0.25, -0.2) is 24.6 Å². The van der Waals surface area contributed by atoms with Gasteiger partial charge in [-0.2, -0.15) is 0 Å². The summed E-state index contributed by atoms with van der Waals surface area (Å²) in [6.07, 6.45) is -4.86. The highest BCUT2D eigenvalue weighted by Gasteiger charge is 2.31. The maximum atomic E-state index is 12.8. The van der Waals surface area contributed by atoms with Crippen LogP contribution in [0.4, 0.5) is 14.4 Å². The Morgan fingerprint density at radius 2 is 1.21 bits per heavy atom. The van der Waals surface area contributed by atoms with Gasteiger partial charge in [0, 0.05) is 0 Å². The van der Waals surface area contributed by atoms with E-state index in [1.54, 1.807) is 75.4 Å². The van der Waals surface area contributed by atoms with Crippen molar-refractivity contribution in [2.75, 3.05) is 0 Å². The van der Waals surface area contributed by atoms with Crippen molar-refractivity contribution < 1.29 is 42.9 Å². The monoisotopic (exact) mass is 586 g/mol. The van der Waals surface area contributed by atoms with Gasteiger partial charge in [-0.3, -0.25) is 15.5 Å². The van der Waals surface area contributed by atoms with Crippen molar-refractivity contribution in [1.29, 1.82) is 0 Å². The Morgan fingerprint density at radius 1 is 0.714 bits per heavy atom. The third-order valence-corrected chi connectivity index (χ3v) is 5.12. The van der Waals surface area contributed by atoms with E-state index in [0.717, 1.165) is 5.56 Å². The van der Waals surface area contributed by atoms with E-state index in [0.29, 0.717) is 5.56 Å². The van der Waals surface area contributed by atoms with Crippen LogP contribution in [0.2, 0.25) is 0 Å². The molecule has 0 saturated heterocycles. The van der Waals surface area contributed by atoms with Crippen LogP contribution >= 0.6 is 0 Å². The lowest BCUT2D eigenvalue weighted by atomic mass is 10.0. The van der Waals surface area contributed by atoms with Crippen LogP contribution in [0.3, 0.4) is 0 Å². The Bertz CT molecular complexity index is 1180. The number of hydrazine groups is 1. The van der Waals surface area contributed by atoms with E-state index in [9.17, 15) is 24.0 Å². The summed E-state index contributed by atoms with van der Waals surface area (Å²) in [5, 5.41) is 4.59. The number of esters is 1. The van der Waals surface area contributed by atoms with E-state index in [1.165, 1.54) is 0 Å². The van der Waals surface area contributed by atoms with Gasteiger partial charge in [-0.15, -0.1) is 0 Å². The van der Waals surface area contributed by atoms with E-state index < -0.39 is 48.0 Å². The van der Waals surface area contributed by atoms with Crippen molar-refractivity contribution in [1.82, 2.24) is 21.5 Å². The number of carbonyl (C=O) groups is 5. The molecule has 2 aromatic carbocycles. The number of hydrogen-bond donors (Lipinski definition) is 4. The second-order valence-electron chi connectivity index (χ2n) is 10.5. The molecule has 0 radical (unpaired) electrons. The lowest BCUT2D eigenvalue weighted by Crippen LogP contribution is -2.54. The number of nitrogens with one attached hydrogen (secondary N) is 4. The predicted molar refractivity (Wildman–Crippen MR) is 150 cm³/mol. The molecular formula is C29H38N4O9. The Labute approximate surface area is 244 Å². The summed E-state index contributed by atoms with van der Waals surface area (Å²) in [6.45, 7) is 8.34. The Kier molecular flexibility index (Phi) is 13.1. The molecule has 0 spiro atoms. The fourth-order valence-corrected chi connectivity index (χ4v) is 3.31. The first-order valence-corrected chi connectivity index (χ1v) is 13.3. The fraction of sp³-hybridized carbons (Fsp3) is 0.414. The van der Waals surface area contributed by atoms with Crippen LogP contribution in [0.5, 0.6) is 0 Å². The molecule has 13 heteroatoms. The zero-order valence-corrected chi connectivity index (χ0v) is 24.3. The molecule has 228 valence electrons. The molecule has 0 heterocycles. The first-order chi connectivity index (χ1) is 19.8. The summed E-state index contributed by atoms with van der Waals surface area (Å²) in [5.41, 5.74) is 4.61. The molecule has 2 aromatic rings. The molecule has 2 atom stereocenters. The van der Waals surface area contributed by atoms with E-state index in [4.69, 9.17) is 18.9 Å². The lowest BCUT2D eigenvalue weighted by molar-refractivity contribution is -0.166. The molecule has 0 aliphatic carbocycles. The normalized spacial score (nSPS) is 12.2. The molecule has 0 aromatic heterocycles. The van der Waals surface area contributed by atoms with Crippen LogP contribution in [0.1, 0.15) is 52.2 Å². The van der Waals surface area contributed by atoms with E-state index >= 15 is 0 Å². The third-order valence-electron chi connectivity index (χ3n) is 5.12. The molecular weight excluding hydrogens is 548 g/mol. The molecule has 0 aliphatic heterocycles. The van der Waals surface area contributed by atoms with Crippen LogP contribution < -0.4 is 21.5 Å². The number of alkyl carbamates (subject to hydrolysis) is 2. The zero-order chi connectivity index (χ0) is 31.1. The summed E-state index contributed by atoms with van der Waals surface area (Å²) >= 11 is 0. The summed E-state index contributed by atoms with van der Waals surface area (Å²) in [4.78, 5) is 62.4. The Morgan fingerprint density at radius 3 is 1.69 bits per heavy atom. The molecule has 1 unspecified atom stereocenters. The van der Waals surface area contributed by atoms with Gasteiger partial charge in [0.05, 0.1) is 0 Å². The van der Waals surface area contributed by atoms with Crippen molar-refractivity contribution in [3.05, 3.63) is 71.8 Å². The van der Waals surface area contributed by atoms with Crippen molar-refractivity contribution in [2.24, 2.45) is 5.92 Å². The van der Waals surface area contributed by atoms with Gasteiger partial charge in [0.15, 0.2) is 0 Å². The van der Waals surface area contributed by atoms with Gasteiger partial charge in [0.25, 0.3) is 12.1 Å². The van der Waals surface area contributed by atoms with Crippen LogP contribution in [0.25, 0.3) is 0 Å². The quantitative estimate of drug-likeness (QED) is 0.133. The average molecular weight is 587 g/mol. The number of ether oxygens (including phenoxy) is 4. The van der Waals surface area contributed by atoms with Crippen LogP contribution in [-0.2, 0) is 41.8 Å². The van der Waals surface area contributed by atoms with Gasteiger partial charge in [0.2, 0.25) is 0 Å². The molecule has 2 rings (SSSR count). The minimum Gasteiger partial charge on any atom is -0.456 e. The fourth-order valence-electron chi connectivity index (χ4n) is 3.31. The molecule has 4 N–H and O–H groups in total. The second-order valence-corrected chi connectivity index (χ2v) is 10.5. The van der Waals surface area contributed by atoms with E-state index in [-0.39, 0.29) is 25.6 Å². The van der Waals surface area contributed by atoms with Gasteiger partial charge >= 0.3 is 24.2 Å². The van der Waals surface area contributed by atoms with Crippen molar-refractivity contribution in [3.63, 3.8) is 0 Å². The highest BCUT2D eigenvalue weighted by atomic mass is 16.6. The van der Waals surface area contributed by atoms with E-state index in [2.05, 4.69) is 16.1 Å². The average Bonchev–Trinajstić information content (AvgIpc) is 2.93. The van der Waals surface area contributed by atoms with Crippen molar-refractivity contribution >= 4 is 30.2 Å². The Balaban J connectivity index is 1.94. The SMILES string of the molecule is CC(C)C[C@H](NC(=O)OCc1ccccc1)C(=O)NNC(=O)OC(NC(=O)OCc1ccccc1)C(=O)OC(C)(C)C. The van der Waals surface area contributed by atoms with Gasteiger partial charge < -0.3 is 24.3 Å². The zero-order valence-electron chi connectivity index (χ0n) is 24.3. The molecule has 0 bridgehead atoms. The Hall–Kier alpha value is -4.81. The second kappa shape index (κ2) is 16.5. The number of hydrogen-bond acceptors (Lipinski definition) is 9. The largest absolute Gasteiger partial charge is 0.456 e. The standard InChI is InChI=1S/C29H38N4O9/c1-19(2)16-22(30-26(36)39-17-20-12-8-6-9-13-20)23(34)32-33-28(38)41-24(25(35)42-29(3,4)5)31-27(37)40-18-21-14-10-7-11-15-21/h6-15,19,22,24H,16-18H2,1-5H3,(H,30,36)(H,31,37)(H,32,34)(H,33,38)/t22-,24?/m0/s1. The summed E-state index contributed by atoms with van der Waals surface area (Å²) in [7, 11) is 0. The molecule has 4 amide bonds. The molecule has 0 aliphatic rings. The highest BCUT2D eigenvalue weighted by Crippen LogP contribution is 2.10. The maximum Gasteiger partial charge on any atom is 0.428 e. The maximum absolute atomic E-state index is 12.8. The van der Waals surface area contributed by atoms with Crippen LogP contribution in [0.15, 0.2) is 60.7 Å². The summed E-state index contributed by atoms with van der Waals surface area (Å²) in [6, 6.07) is 16.7. The number of benzene rings is 2. The number of rotatable bonds is 11.